The number of halogens is 2. The third-order valence-corrected chi connectivity index (χ3v) is 64.5. The summed E-state index contributed by atoms with van der Waals surface area (Å²) in [6.07, 6.45) is 4.89. The summed E-state index contributed by atoms with van der Waals surface area (Å²) >= 11 is -4.95. The van der Waals surface area contributed by atoms with E-state index in [2.05, 4.69) is 188 Å². The molecule has 0 heterocycles. The summed E-state index contributed by atoms with van der Waals surface area (Å²) in [4.78, 5) is 0. The fourth-order valence-corrected chi connectivity index (χ4v) is 43.0. The van der Waals surface area contributed by atoms with Gasteiger partial charge < -0.3 is 0 Å². The first-order valence-corrected chi connectivity index (χ1v) is 35.6. The second-order valence-corrected chi connectivity index (χ2v) is 59.0. The summed E-state index contributed by atoms with van der Waals surface area (Å²) < 4.78 is 0.0346. The van der Waals surface area contributed by atoms with E-state index in [0.717, 1.165) is 0 Å². The average Bonchev–Trinajstić information content (AvgIpc) is 3.67. The molecule has 2 aliphatic carbocycles. The summed E-state index contributed by atoms with van der Waals surface area (Å²) in [5.41, 5.74) is 22.9. The van der Waals surface area contributed by atoms with Crippen molar-refractivity contribution in [3.63, 3.8) is 0 Å². The fraction of sp³-hybridized carbons (Fsp3) is 0.200. The molecule has 0 saturated carbocycles. The predicted octanol–water partition coefficient (Wildman–Crippen LogP) is 15.2. The van der Waals surface area contributed by atoms with E-state index >= 15 is 0 Å². The molecular weight excluding hydrogens is 791 g/mol. The van der Waals surface area contributed by atoms with Crippen molar-refractivity contribution in [1.82, 2.24) is 0 Å². The van der Waals surface area contributed by atoms with Crippen LogP contribution in [0.3, 0.4) is 0 Å². The first-order valence-electron chi connectivity index (χ1n) is 19.3. The predicted molar refractivity (Wildman–Crippen MR) is 237 cm³/mol. The quantitative estimate of drug-likeness (QED) is 0.141. The molecule has 0 bridgehead atoms. The van der Waals surface area contributed by atoms with Crippen molar-refractivity contribution in [3.8, 4) is 44.5 Å². The van der Waals surface area contributed by atoms with Crippen molar-refractivity contribution in [2.45, 2.75) is 61.9 Å². The molecule has 4 heteroatoms. The molecule has 6 aromatic carbocycles. The molecule has 2 aliphatic rings. The van der Waals surface area contributed by atoms with Gasteiger partial charge in [-0.1, -0.05) is 0 Å². The van der Waals surface area contributed by atoms with E-state index in [1.54, 1.807) is 0 Å². The summed E-state index contributed by atoms with van der Waals surface area (Å²) in [6, 6.07) is 45.0. The molecular formula is C50H49Cl2SiZr. The molecule has 0 amide bonds. The Morgan fingerprint density at radius 2 is 0.796 bits per heavy atom. The standard InChI is InChI=1S/2C24H21.C2H7Si.2ClH.Zr/c2*1-16-11-17(2)14-21(13-16)24-22(19-7-5-4-6-8-19)10-9-20-12-18(3)15-23(20)24;1-3-2;;;/h2*4-15H,1-3H3;3H,1-2H3;2*1H;/q;;;;;+2/p-2. The molecule has 2 unspecified atom stereocenters. The zero-order chi connectivity index (χ0) is 38.1. The minimum atomic E-state index is -4.95. The Kier molecular flexibility index (Phi) is 9.63. The van der Waals surface area contributed by atoms with Crippen molar-refractivity contribution < 1.29 is 15.6 Å². The van der Waals surface area contributed by atoms with E-state index in [0.29, 0.717) is 0 Å². The van der Waals surface area contributed by atoms with Crippen LogP contribution in [0.15, 0.2) is 132 Å². The number of rotatable bonds is 7. The van der Waals surface area contributed by atoms with Gasteiger partial charge in [0.2, 0.25) is 0 Å². The van der Waals surface area contributed by atoms with Gasteiger partial charge in [-0.2, -0.15) is 0 Å². The van der Waals surface area contributed by atoms with Crippen LogP contribution in [0.2, 0.25) is 13.1 Å². The zero-order valence-electron chi connectivity index (χ0n) is 32.7. The average molecular weight is 840 g/mol. The van der Waals surface area contributed by atoms with E-state index in [1.807, 2.05) is 0 Å². The van der Waals surface area contributed by atoms with E-state index in [1.165, 1.54) is 100 Å². The summed E-state index contributed by atoms with van der Waals surface area (Å²) in [5.74, 6) is -1.71. The molecule has 0 N–H and O–H groups in total. The Hall–Kier alpha value is -3.52. The molecule has 0 spiro atoms. The summed E-state index contributed by atoms with van der Waals surface area (Å²) in [7, 11) is 17.5. The van der Waals surface area contributed by atoms with Gasteiger partial charge in [0.15, 0.2) is 0 Å². The number of allylic oxidation sites excluding steroid dienone is 2. The fourth-order valence-electron chi connectivity index (χ4n) is 10.1. The van der Waals surface area contributed by atoms with Gasteiger partial charge in [0.05, 0.1) is 0 Å². The molecule has 54 heavy (non-hydrogen) atoms. The van der Waals surface area contributed by atoms with Crippen LogP contribution in [0, 0.1) is 27.7 Å². The van der Waals surface area contributed by atoms with Crippen LogP contribution >= 0.6 is 17.0 Å². The van der Waals surface area contributed by atoms with Gasteiger partial charge in [0, 0.05) is 0 Å². The first kappa shape index (κ1) is 37.4. The van der Waals surface area contributed by atoms with Crippen LogP contribution in [-0.4, -0.2) is 5.92 Å². The van der Waals surface area contributed by atoms with Crippen molar-refractivity contribution in [2.24, 2.45) is 0 Å². The van der Waals surface area contributed by atoms with E-state index in [9.17, 15) is 0 Å². The van der Waals surface area contributed by atoms with Crippen LogP contribution in [-0.2, 0) is 15.6 Å². The molecule has 0 radical (unpaired) electrons. The van der Waals surface area contributed by atoms with Crippen molar-refractivity contribution in [2.75, 3.05) is 0 Å². The maximum absolute atomic E-state index is 8.75. The Balaban J connectivity index is 1.37. The summed E-state index contributed by atoms with van der Waals surface area (Å²) in [5, 5.41) is 0. The van der Waals surface area contributed by atoms with E-state index in [4.69, 9.17) is 17.0 Å². The van der Waals surface area contributed by atoms with Gasteiger partial charge >= 0.3 is 334 Å². The normalized spacial score (nSPS) is 17.1. The second-order valence-electron chi connectivity index (χ2n) is 16.5. The summed E-state index contributed by atoms with van der Waals surface area (Å²) in [6.45, 7) is 18.3. The van der Waals surface area contributed by atoms with Gasteiger partial charge in [-0.25, -0.2) is 0 Å². The van der Waals surface area contributed by atoms with E-state index in [-0.39, 0.29) is 7.25 Å². The third-order valence-electron chi connectivity index (χ3n) is 12.2. The Bertz CT molecular complexity index is 2320. The van der Waals surface area contributed by atoms with Crippen molar-refractivity contribution in [1.29, 1.82) is 0 Å². The molecule has 2 atom stereocenters. The van der Waals surface area contributed by atoms with Gasteiger partial charge in [-0.15, -0.1) is 0 Å². The first-order chi connectivity index (χ1) is 25.8. The van der Waals surface area contributed by atoms with Crippen LogP contribution in [0.5, 0.6) is 0 Å². The Morgan fingerprint density at radius 3 is 1.13 bits per heavy atom. The number of aryl methyl sites for hydroxylation is 4. The molecule has 0 aromatic heterocycles. The monoisotopic (exact) mass is 837 g/mol. The van der Waals surface area contributed by atoms with Crippen LogP contribution in [0.1, 0.15) is 65.6 Å². The van der Waals surface area contributed by atoms with Gasteiger partial charge in [0.25, 0.3) is 0 Å². The number of benzene rings is 6. The Labute approximate surface area is 331 Å². The molecule has 0 saturated heterocycles. The molecule has 0 fully saturated rings. The van der Waals surface area contributed by atoms with Gasteiger partial charge in [0.1, 0.15) is 0 Å². The molecule has 0 aliphatic heterocycles. The number of hydrogen-bond acceptors (Lipinski definition) is 0. The number of fused-ring (bicyclic) bond motifs is 2. The van der Waals surface area contributed by atoms with Crippen molar-refractivity contribution in [3.05, 3.63) is 177 Å². The minimum absolute atomic E-state index is 0.0173. The molecule has 8 rings (SSSR count). The SMILES string of the molecule is CC1=Cc2c(ccc(-c3ccccc3)c2-c2cc(C)cc(C)c2)[CH]1[Zr]([Cl])([Cl])([CH]1C(C)=Cc2c1ccc(-c1ccccc1)c2-c1cc(C)cc(C)c1)[SiH](C)C. The second kappa shape index (κ2) is 13.9. The Morgan fingerprint density at radius 1 is 0.444 bits per heavy atom. The molecule has 6 aromatic rings. The van der Waals surface area contributed by atoms with E-state index < -0.39 is 21.5 Å². The molecule has 0 nitrogen and oxygen atoms in total. The number of hydrogen-bond donors (Lipinski definition) is 0. The van der Waals surface area contributed by atoms with Gasteiger partial charge in [-0.05, 0) is 0 Å². The maximum atomic E-state index is 8.75. The zero-order valence-corrected chi connectivity index (χ0v) is 37.8. The van der Waals surface area contributed by atoms with Crippen molar-refractivity contribution >= 4 is 35.1 Å². The van der Waals surface area contributed by atoms with Crippen LogP contribution < -0.4 is 0 Å². The van der Waals surface area contributed by atoms with Gasteiger partial charge in [-0.3, -0.25) is 0 Å². The molecule has 271 valence electrons. The van der Waals surface area contributed by atoms with Crippen LogP contribution in [0.4, 0.5) is 0 Å². The third kappa shape index (κ3) is 6.04. The topological polar surface area (TPSA) is 0 Å². The van der Waals surface area contributed by atoms with Crippen LogP contribution in [0.25, 0.3) is 56.7 Å².